The predicted octanol–water partition coefficient (Wildman–Crippen LogP) is 5.05. The first-order valence-corrected chi connectivity index (χ1v) is 10.3. The number of benzene rings is 1. The van der Waals surface area contributed by atoms with Crippen LogP contribution in [-0.2, 0) is 11.3 Å². The fourth-order valence-corrected chi connectivity index (χ4v) is 3.71. The largest absolute Gasteiger partial charge is 0.383 e. The molecule has 4 aromatic rings. The van der Waals surface area contributed by atoms with Gasteiger partial charge in [-0.25, -0.2) is 15.0 Å². The van der Waals surface area contributed by atoms with Crippen LogP contribution < -0.4 is 5.32 Å². The van der Waals surface area contributed by atoms with Gasteiger partial charge in [0.2, 0.25) is 0 Å². The van der Waals surface area contributed by atoms with Crippen LogP contribution in [0.15, 0.2) is 55.0 Å². The van der Waals surface area contributed by atoms with Gasteiger partial charge in [-0.15, -0.1) is 12.4 Å². The summed E-state index contributed by atoms with van der Waals surface area (Å²) < 4.78 is 7.28. The molecule has 1 aromatic carbocycles. The van der Waals surface area contributed by atoms with E-state index in [9.17, 15) is 0 Å². The van der Waals surface area contributed by atoms with E-state index in [2.05, 4.69) is 56.3 Å². The summed E-state index contributed by atoms with van der Waals surface area (Å²) in [5.74, 6) is 1.92. The molecule has 0 saturated heterocycles. The van der Waals surface area contributed by atoms with E-state index in [1.807, 2.05) is 6.33 Å². The average molecular weight is 447 g/mol. The molecule has 0 aliphatic heterocycles. The van der Waals surface area contributed by atoms with Crippen LogP contribution in [0.25, 0.3) is 22.3 Å². The number of hydrogen-bond acceptors (Lipinski definition) is 6. The zero-order chi connectivity index (χ0) is 21.2. The van der Waals surface area contributed by atoms with Crippen molar-refractivity contribution in [2.45, 2.75) is 25.3 Å². The first-order valence-electron chi connectivity index (χ1n) is 10.3. The summed E-state index contributed by atoms with van der Waals surface area (Å²) in [6.45, 7) is 1.42. The lowest BCUT2D eigenvalue weighted by Gasteiger charge is -2.11. The van der Waals surface area contributed by atoms with Gasteiger partial charge < -0.3 is 14.6 Å². The van der Waals surface area contributed by atoms with Crippen molar-refractivity contribution in [3.63, 3.8) is 0 Å². The van der Waals surface area contributed by atoms with Gasteiger partial charge in [-0.1, -0.05) is 6.07 Å². The Morgan fingerprint density at radius 3 is 2.78 bits per heavy atom. The molecule has 0 spiro atoms. The Morgan fingerprint density at radius 1 is 1.12 bits per heavy atom. The molecule has 1 saturated carbocycles. The molecule has 1 aliphatic rings. The number of ether oxygens (including phenoxy) is 1. The smallest absolute Gasteiger partial charge is 0.132 e. The third-order valence-electron chi connectivity index (χ3n) is 5.49. The molecular formula is C24H23ClN6O. The lowest BCUT2D eigenvalue weighted by molar-refractivity contribution is 0.188. The van der Waals surface area contributed by atoms with Crippen molar-refractivity contribution in [3.05, 3.63) is 66.1 Å². The molecule has 1 aliphatic carbocycles. The van der Waals surface area contributed by atoms with Crippen LogP contribution in [0.4, 0.5) is 11.6 Å². The average Bonchev–Trinajstić information content (AvgIpc) is 3.58. The maximum absolute atomic E-state index is 9.15. The number of nitrogens with zero attached hydrogens (tertiary/aromatic N) is 5. The molecule has 162 valence electrons. The molecule has 3 aromatic heterocycles. The highest BCUT2D eigenvalue weighted by molar-refractivity contribution is 5.85. The molecule has 32 heavy (non-hydrogen) atoms. The van der Waals surface area contributed by atoms with E-state index in [0.717, 1.165) is 34.7 Å². The minimum Gasteiger partial charge on any atom is -0.383 e. The second kappa shape index (κ2) is 9.35. The van der Waals surface area contributed by atoms with Gasteiger partial charge in [0.25, 0.3) is 0 Å². The lowest BCUT2D eigenvalue weighted by Crippen LogP contribution is -2.02. The van der Waals surface area contributed by atoms with Crippen molar-refractivity contribution in [2.24, 2.45) is 0 Å². The number of pyridine rings is 2. The summed E-state index contributed by atoms with van der Waals surface area (Å²) in [4.78, 5) is 13.7. The topological polar surface area (TPSA) is 88.6 Å². The van der Waals surface area contributed by atoms with Gasteiger partial charge in [0, 0.05) is 25.4 Å². The molecular weight excluding hydrogens is 424 g/mol. The Hall–Kier alpha value is -3.47. The van der Waals surface area contributed by atoms with Gasteiger partial charge in [-0.3, -0.25) is 0 Å². The van der Waals surface area contributed by atoms with Crippen LogP contribution in [0.5, 0.6) is 0 Å². The molecule has 3 heterocycles. The highest BCUT2D eigenvalue weighted by Gasteiger charge is 2.25. The predicted molar refractivity (Wildman–Crippen MR) is 126 cm³/mol. The molecule has 7 nitrogen and oxygen atoms in total. The Bertz CT molecular complexity index is 1290. The van der Waals surface area contributed by atoms with Crippen molar-refractivity contribution in [2.75, 3.05) is 19.0 Å². The maximum Gasteiger partial charge on any atom is 0.132 e. The highest BCUT2D eigenvalue weighted by Crippen LogP contribution is 2.42. The van der Waals surface area contributed by atoms with Gasteiger partial charge in [0.15, 0.2) is 0 Å². The van der Waals surface area contributed by atoms with E-state index in [1.54, 1.807) is 25.4 Å². The van der Waals surface area contributed by atoms with Crippen molar-refractivity contribution >= 4 is 35.1 Å². The van der Waals surface area contributed by atoms with Crippen LogP contribution in [0, 0.1) is 11.3 Å². The van der Waals surface area contributed by atoms with E-state index in [1.165, 1.54) is 18.4 Å². The summed E-state index contributed by atoms with van der Waals surface area (Å²) in [7, 11) is 1.70. The maximum atomic E-state index is 9.15. The normalized spacial score (nSPS) is 12.9. The van der Waals surface area contributed by atoms with Crippen LogP contribution in [0.1, 0.15) is 29.9 Å². The zero-order valence-corrected chi connectivity index (χ0v) is 18.5. The number of fused-ring (bicyclic) bond motifs is 1. The van der Waals surface area contributed by atoms with Gasteiger partial charge in [0.1, 0.15) is 11.6 Å². The Kier molecular flexibility index (Phi) is 6.35. The summed E-state index contributed by atoms with van der Waals surface area (Å²) in [6, 6.07) is 16.1. The molecule has 0 unspecified atom stereocenters. The number of hydrogen-bond donors (Lipinski definition) is 1. The van der Waals surface area contributed by atoms with Crippen LogP contribution in [0.2, 0.25) is 0 Å². The summed E-state index contributed by atoms with van der Waals surface area (Å²) in [5.41, 5.74) is 5.77. The number of anilines is 2. The van der Waals surface area contributed by atoms with Gasteiger partial charge in [0.05, 0.1) is 41.3 Å². The Balaban J connectivity index is 0.00000245. The monoisotopic (exact) mass is 446 g/mol. The minimum absolute atomic E-state index is 0. The minimum atomic E-state index is 0. The first kappa shape index (κ1) is 21.8. The van der Waals surface area contributed by atoms with Gasteiger partial charge in [-0.05, 0) is 60.7 Å². The molecule has 8 heteroatoms. The van der Waals surface area contributed by atoms with Crippen LogP contribution >= 0.6 is 12.4 Å². The third-order valence-corrected chi connectivity index (χ3v) is 5.49. The standard InChI is InChI=1S/C24H22N6O.ClH/c1-31-9-8-30-15-27-21-11-18(4-5-22(21)30)20-12-19(17-2-3-17)13-24(28-20)29-23-10-16(14-25)6-7-26-23;/h4-7,10-13,15,17H,2-3,8-9H2,1H3,(H,26,28,29);1H. The number of methoxy groups -OCH3 is 1. The molecule has 0 bridgehead atoms. The number of nitrogens with one attached hydrogen (secondary N) is 1. The first-order chi connectivity index (χ1) is 15.2. The SMILES string of the molecule is COCCn1cnc2cc(-c3cc(C4CC4)cc(Nc4cc(C#N)ccn4)n3)ccc21.Cl. The number of imidazole rings is 1. The summed E-state index contributed by atoms with van der Waals surface area (Å²) in [5, 5.41) is 12.4. The molecule has 1 fully saturated rings. The van der Waals surface area contributed by atoms with E-state index in [-0.39, 0.29) is 12.4 Å². The summed E-state index contributed by atoms with van der Waals surface area (Å²) in [6.07, 6.45) is 5.88. The fraction of sp³-hybridized carbons (Fsp3) is 0.250. The third kappa shape index (κ3) is 4.57. The molecule has 0 amide bonds. The molecule has 5 rings (SSSR count). The van der Waals surface area contributed by atoms with Crippen molar-refractivity contribution in [3.8, 4) is 17.3 Å². The van der Waals surface area contributed by atoms with Crippen molar-refractivity contribution < 1.29 is 4.74 Å². The number of aromatic nitrogens is 4. The van der Waals surface area contributed by atoms with E-state index >= 15 is 0 Å². The second-order valence-electron chi connectivity index (χ2n) is 7.75. The van der Waals surface area contributed by atoms with Crippen molar-refractivity contribution in [1.29, 1.82) is 5.26 Å². The fourth-order valence-electron chi connectivity index (χ4n) is 3.71. The summed E-state index contributed by atoms with van der Waals surface area (Å²) >= 11 is 0. The van der Waals surface area contributed by atoms with E-state index in [4.69, 9.17) is 15.0 Å². The van der Waals surface area contributed by atoms with Crippen LogP contribution in [0.3, 0.4) is 0 Å². The second-order valence-corrected chi connectivity index (χ2v) is 7.75. The van der Waals surface area contributed by atoms with Crippen molar-refractivity contribution in [1.82, 2.24) is 19.5 Å². The number of nitriles is 1. The van der Waals surface area contributed by atoms with Gasteiger partial charge in [-0.2, -0.15) is 5.26 Å². The Morgan fingerprint density at radius 2 is 2.00 bits per heavy atom. The zero-order valence-electron chi connectivity index (χ0n) is 17.7. The lowest BCUT2D eigenvalue weighted by atomic mass is 10.1. The number of rotatable bonds is 7. The molecule has 0 atom stereocenters. The molecule has 0 radical (unpaired) electrons. The number of halogens is 1. The Labute approximate surface area is 192 Å². The quantitative estimate of drug-likeness (QED) is 0.427. The van der Waals surface area contributed by atoms with Crippen LogP contribution in [-0.4, -0.2) is 33.2 Å². The van der Waals surface area contributed by atoms with E-state index in [0.29, 0.717) is 23.9 Å². The molecule has 1 N–H and O–H groups in total. The van der Waals surface area contributed by atoms with E-state index < -0.39 is 0 Å². The highest BCUT2D eigenvalue weighted by atomic mass is 35.5. The van der Waals surface area contributed by atoms with Gasteiger partial charge >= 0.3 is 0 Å².